The van der Waals surface area contributed by atoms with Gasteiger partial charge in [0.1, 0.15) is 5.75 Å². The summed E-state index contributed by atoms with van der Waals surface area (Å²) < 4.78 is 43.5. The second-order valence-electron chi connectivity index (χ2n) is 6.19. The molecule has 3 rings (SSSR count). The second kappa shape index (κ2) is 8.17. The first-order valence-electron chi connectivity index (χ1n) is 8.55. The maximum absolute atomic E-state index is 12.8. The molecule has 0 bridgehead atoms. The Balaban J connectivity index is 1.71. The van der Waals surface area contributed by atoms with E-state index in [9.17, 15) is 18.0 Å². The highest BCUT2D eigenvalue weighted by molar-refractivity contribution is 5.95. The van der Waals surface area contributed by atoms with Crippen molar-refractivity contribution in [2.45, 2.75) is 12.7 Å². The van der Waals surface area contributed by atoms with E-state index in [1.807, 2.05) is 30.3 Å². The van der Waals surface area contributed by atoms with E-state index in [0.29, 0.717) is 11.1 Å². The van der Waals surface area contributed by atoms with Crippen molar-refractivity contribution < 1.29 is 22.7 Å². The predicted octanol–water partition coefficient (Wildman–Crippen LogP) is 5.31. The van der Waals surface area contributed by atoms with Crippen molar-refractivity contribution in [3.05, 3.63) is 89.5 Å². The van der Waals surface area contributed by atoms with E-state index in [1.54, 1.807) is 31.4 Å². The molecule has 3 aromatic carbocycles. The number of carbonyl (C=O) groups is 1. The third-order valence-corrected chi connectivity index (χ3v) is 4.26. The van der Waals surface area contributed by atoms with Crippen molar-refractivity contribution in [1.29, 1.82) is 0 Å². The summed E-state index contributed by atoms with van der Waals surface area (Å²) in [4.78, 5) is 12.4. The number of alkyl halides is 3. The molecular weight excluding hydrogens is 367 g/mol. The zero-order valence-electron chi connectivity index (χ0n) is 15.1. The normalized spacial score (nSPS) is 11.1. The molecule has 0 aliphatic carbocycles. The van der Waals surface area contributed by atoms with Gasteiger partial charge in [-0.2, -0.15) is 13.2 Å². The molecule has 3 nitrogen and oxygen atoms in total. The van der Waals surface area contributed by atoms with Crippen molar-refractivity contribution in [3.8, 4) is 16.9 Å². The molecule has 6 heteroatoms. The first-order chi connectivity index (χ1) is 13.4. The average Bonchev–Trinajstić information content (AvgIpc) is 2.72. The number of ether oxygens (including phenoxy) is 1. The molecule has 0 saturated heterocycles. The van der Waals surface area contributed by atoms with Gasteiger partial charge in [-0.05, 0) is 53.1 Å². The van der Waals surface area contributed by atoms with Crippen LogP contribution in [-0.2, 0) is 12.7 Å². The number of hydrogen-bond donors (Lipinski definition) is 1. The van der Waals surface area contributed by atoms with Crippen LogP contribution in [0, 0.1) is 0 Å². The van der Waals surface area contributed by atoms with Crippen molar-refractivity contribution >= 4 is 5.91 Å². The molecule has 144 valence electrons. The van der Waals surface area contributed by atoms with E-state index in [0.717, 1.165) is 29.0 Å². The van der Waals surface area contributed by atoms with Crippen LogP contribution < -0.4 is 10.1 Å². The molecule has 0 spiro atoms. The van der Waals surface area contributed by atoms with E-state index >= 15 is 0 Å². The third-order valence-electron chi connectivity index (χ3n) is 4.26. The van der Waals surface area contributed by atoms with Crippen molar-refractivity contribution in [1.82, 2.24) is 5.32 Å². The lowest BCUT2D eigenvalue weighted by atomic mass is 10.0. The van der Waals surface area contributed by atoms with E-state index < -0.39 is 11.7 Å². The lowest BCUT2D eigenvalue weighted by Gasteiger charge is -2.10. The van der Waals surface area contributed by atoms with Crippen LogP contribution in [0.5, 0.6) is 5.75 Å². The topological polar surface area (TPSA) is 38.3 Å². The summed E-state index contributed by atoms with van der Waals surface area (Å²) in [7, 11) is 1.59. The molecular formula is C22H18F3NO2. The summed E-state index contributed by atoms with van der Waals surface area (Å²) in [6, 6.07) is 19.4. The van der Waals surface area contributed by atoms with Crippen LogP contribution in [-0.4, -0.2) is 13.0 Å². The Morgan fingerprint density at radius 3 is 2.32 bits per heavy atom. The van der Waals surface area contributed by atoms with Crippen LogP contribution in [0.15, 0.2) is 72.8 Å². The zero-order chi connectivity index (χ0) is 20.1. The number of nitrogens with one attached hydrogen (secondary N) is 1. The number of hydrogen-bond acceptors (Lipinski definition) is 2. The first-order valence-corrected chi connectivity index (χ1v) is 8.55. The molecule has 28 heavy (non-hydrogen) atoms. The molecule has 0 atom stereocenters. The van der Waals surface area contributed by atoms with Crippen molar-refractivity contribution in [2.24, 2.45) is 0 Å². The van der Waals surface area contributed by atoms with Gasteiger partial charge in [0.25, 0.3) is 5.91 Å². The quantitative estimate of drug-likeness (QED) is 0.646. The summed E-state index contributed by atoms with van der Waals surface area (Å²) in [6.45, 7) is 0.00944. The monoisotopic (exact) mass is 385 g/mol. The third kappa shape index (κ3) is 4.71. The highest BCUT2D eigenvalue weighted by Gasteiger charge is 2.30. The van der Waals surface area contributed by atoms with Gasteiger partial charge in [0.15, 0.2) is 0 Å². The smallest absolute Gasteiger partial charge is 0.416 e. The predicted molar refractivity (Wildman–Crippen MR) is 101 cm³/mol. The van der Waals surface area contributed by atoms with Gasteiger partial charge in [0.2, 0.25) is 0 Å². The summed E-state index contributed by atoms with van der Waals surface area (Å²) in [5.74, 6) is 0.381. The van der Waals surface area contributed by atoms with Gasteiger partial charge in [-0.3, -0.25) is 4.79 Å². The van der Waals surface area contributed by atoms with E-state index in [-0.39, 0.29) is 12.5 Å². The van der Waals surface area contributed by atoms with Crippen LogP contribution in [0.4, 0.5) is 13.2 Å². The maximum Gasteiger partial charge on any atom is 0.416 e. The van der Waals surface area contributed by atoms with Crippen LogP contribution in [0.2, 0.25) is 0 Å². The number of halogens is 3. The Morgan fingerprint density at radius 1 is 0.929 bits per heavy atom. The molecule has 3 aromatic rings. The number of methoxy groups -OCH3 is 1. The number of benzene rings is 3. The summed E-state index contributed by atoms with van der Waals surface area (Å²) in [6.07, 6.45) is -4.41. The Kier molecular flexibility index (Phi) is 5.68. The largest absolute Gasteiger partial charge is 0.497 e. The number of carbonyl (C=O) groups excluding carboxylic acids is 1. The Hall–Kier alpha value is -3.28. The van der Waals surface area contributed by atoms with Gasteiger partial charge in [-0.1, -0.05) is 36.4 Å². The fraction of sp³-hybridized carbons (Fsp3) is 0.136. The SMILES string of the molecule is COc1ccc(-c2cccc(C(=O)NCc3cccc(C(F)(F)F)c3)c2)cc1. The highest BCUT2D eigenvalue weighted by Crippen LogP contribution is 2.29. The minimum absolute atomic E-state index is 0.00944. The standard InChI is InChI=1S/C22H18F3NO2/c1-28-20-10-8-16(9-11-20)17-5-3-6-18(13-17)21(27)26-14-15-4-2-7-19(12-15)22(23,24)25/h2-13H,14H2,1H3,(H,26,27). The molecule has 0 saturated carbocycles. The molecule has 0 heterocycles. The van der Waals surface area contributed by atoms with Crippen LogP contribution in [0.25, 0.3) is 11.1 Å². The first kappa shape index (κ1) is 19.5. The molecule has 1 N–H and O–H groups in total. The summed E-state index contributed by atoms with van der Waals surface area (Å²) in [5, 5.41) is 2.66. The minimum atomic E-state index is -4.41. The molecule has 1 amide bonds. The summed E-state index contributed by atoms with van der Waals surface area (Å²) >= 11 is 0. The second-order valence-corrected chi connectivity index (χ2v) is 6.19. The summed E-state index contributed by atoms with van der Waals surface area (Å²) in [5.41, 5.74) is 1.86. The average molecular weight is 385 g/mol. The van der Waals surface area contributed by atoms with E-state index in [4.69, 9.17) is 4.74 Å². The molecule has 0 radical (unpaired) electrons. The Bertz CT molecular complexity index is 966. The maximum atomic E-state index is 12.8. The van der Waals surface area contributed by atoms with Crippen molar-refractivity contribution in [2.75, 3.05) is 7.11 Å². The van der Waals surface area contributed by atoms with E-state index in [1.165, 1.54) is 6.07 Å². The molecule has 0 unspecified atom stereocenters. The van der Waals surface area contributed by atoms with E-state index in [2.05, 4.69) is 5.32 Å². The number of amides is 1. The molecule has 0 aliphatic heterocycles. The van der Waals surface area contributed by atoms with Gasteiger partial charge in [0, 0.05) is 12.1 Å². The lowest BCUT2D eigenvalue weighted by Crippen LogP contribution is -2.23. The Labute approximate surface area is 160 Å². The van der Waals surface area contributed by atoms with Gasteiger partial charge < -0.3 is 10.1 Å². The lowest BCUT2D eigenvalue weighted by molar-refractivity contribution is -0.137. The molecule has 0 fully saturated rings. The van der Waals surface area contributed by atoms with Crippen LogP contribution in [0.1, 0.15) is 21.5 Å². The zero-order valence-corrected chi connectivity index (χ0v) is 15.1. The van der Waals surface area contributed by atoms with Gasteiger partial charge in [-0.15, -0.1) is 0 Å². The van der Waals surface area contributed by atoms with Gasteiger partial charge >= 0.3 is 6.18 Å². The van der Waals surface area contributed by atoms with Crippen LogP contribution in [0.3, 0.4) is 0 Å². The van der Waals surface area contributed by atoms with Gasteiger partial charge in [-0.25, -0.2) is 0 Å². The highest BCUT2D eigenvalue weighted by atomic mass is 19.4. The molecule has 0 aromatic heterocycles. The fourth-order valence-electron chi connectivity index (χ4n) is 2.77. The molecule has 0 aliphatic rings. The minimum Gasteiger partial charge on any atom is -0.497 e. The Morgan fingerprint density at radius 2 is 1.64 bits per heavy atom. The number of rotatable bonds is 5. The van der Waals surface area contributed by atoms with Crippen molar-refractivity contribution in [3.63, 3.8) is 0 Å². The fourth-order valence-corrected chi connectivity index (χ4v) is 2.77. The van der Waals surface area contributed by atoms with Crippen LogP contribution >= 0.6 is 0 Å². The van der Waals surface area contributed by atoms with Gasteiger partial charge in [0.05, 0.1) is 12.7 Å².